The van der Waals surface area contributed by atoms with Gasteiger partial charge in [0, 0.05) is 12.5 Å². The molecule has 0 radical (unpaired) electrons. The topological polar surface area (TPSA) is 84.2 Å². The first-order chi connectivity index (χ1) is 9.70. The molecule has 1 aromatic rings. The summed E-state index contributed by atoms with van der Waals surface area (Å²) >= 11 is 0. The summed E-state index contributed by atoms with van der Waals surface area (Å²) in [6.45, 7) is 0.516. The molecule has 4 N–H and O–H groups in total. The Morgan fingerprint density at radius 2 is 2.00 bits per heavy atom. The van der Waals surface area contributed by atoms with Gasteiger partial charge in [0.2, 0.25) is 11.8 Å². The molecule has 0 saturated heterocycles. The molecule has 1 aliphatic rings. The smallest absolute Gasteiger partial charge is 0.239 e. The van der Waals surface area contributed by atoms with Crippen LogP contribution in [0.25, 0.3) is 0 Å². The number of nitrogens with two attached hydrogens (primary N) is 1. The Morgan fingerprint density at radius 1 is 1.20 bits per heavy atom. The molecule has 108 valence electrons. The predicted octanol–water partition coefficient (Wildman–Crippen LogP) is 0.298. The van der Waals surface area contributed by atoms with Gasteiger partial charge in [-0.2, -0.15) is 0 Å². The highest BCUT2D eigenvalue weighted by atomic mass is 16.2. The average molecular weight is 275 g/mol. The fraction of sp³-hybridized carbons (Fsp3) is 0.467. The normalized spacial score (nSPS) is 17.1. The van der Waals surface area contributed by atoms with E-state index in [1.54, 1.807) is 0 Å². The number of hydrogen-bond acceptors (Lipinski definition) is 3. The zero-order valence-electron chi connectivity index (χ0n) is 11.5. The van der Waals surface area contributed by atoms with Gasteiger partial charge in [-0.1, -0.05) is 24.3 Å². The lowest BCUT2D eigenvalue weighted by Gasteiger charge is -2.25. The first-order valence-corrected chi connectivity index (χ1v) is 7.02. The van der Waals surface area contributed by atoms with Gasteiger partial charge in [0.25, 0.3) is 0 Å². The van der Waals surface area contributed by atoms with E-state index in [2.05, 4.69) is 28.8 Å². The molecule has 1 aromatic carbocycles. The average Bonchev–Trinajstić information content (AvgIpc) is 2.50. The van der Waals surface area contributed by atoms with Gasteiger partial charge in [-0.3, -0.25) is 9.59 Å². The standard InChI is InChI=1S/C15H21N3O2/c16-8-14(19)18-10-15(20)17-9-12-6-3-5-11-4-1-2-7-13(11)12/h1-2,4,7,12H,3,5-6,8-10,16H2,(H,17,20)(H,18,19). The Morgan fingerprint density at radius 3 is 2.80 bits per heavy atom. The van der Waals surface area contributed by atoms with E-state index >= 15 is 0 Å². The van der Waals surface area contributed by atoms with Crippen LogP contribution in [-0.4, -0.2) is 31.4 Å². The molecule has 2 rings (SSSR count). The van der Waals surface area contributed by atoms with Crippen LogP contribution in [0.5, 0.6) is 0 Å². The minimum Gasteiger partial charge on any atom is -0.354 e. The number of rotatable bonds is 5. The monoisotopic (exact) mass is 275 g/mol. The molecule has 0 spiro atoms. The van der Waals surface area contributed by atoms with Gasteiger partial charge in [0.15, 0.2) is 0 Å². The number of carbonyl (C=O) groups is 2. The molecular formula is C15H21N3O2. The largest absolute Gasteiger partial charge is 0.354 e. The highest BCUT2D eigenvalue weighted by molar-refractivity contribution is 5.85. The van der Waals surface area contributed by atoms with Gasteiger partial charge in [0.1, 0.15) is 0 Å². The fourth-order valence-corrected chi connectivity index (χ4v) is 2.62. The van der Waals surface area contributed by atoms with Crippen LogP contribution in [0.15, 0.2) is 24.3 Å². The van der Waals surface area contributed by atoms with Crippen molar-refractivity contribution in [3.8, 4) is 0 Å². The fourth-order valence-electron chi connectivity index (χ4n) is 2.62. The van der Waals surface area contributed by atoms with E-state index in [9.17, 15) is 9.59 Å². The molecule has 5 nitrogen and oxygen atoms in total. The SMILES string of the molecule is NCC(=O)NCC(=O)NCC1CCCc2ccccc21. The van der Waals surface area contributed by atoms with Crippen molar-refractivity contribution < 1.29 is 9.59 Å². The maximum Gasteiger partial charge on any atom is 0.239 e. The Bertz CT molecular complexity index is 488. The minimum absolute atomic E-state index is 0.00952. The third kappa shape index (κ3) is 3.81. The first kappa shape index (κ1) is 14.5. The molecule has 0 heterocycles. The second-order valence-electron chi connectivity index (χ2n) is 5.07. The number of nitrogens with one attached hydrogen (secondary N) is 2. The zero-order chi connectivity index (χ0) is 14.4. The summed E-state index contributed by atoms with van der Waals surface area (Å²) in [5.74, 6) is -0.118. The Balaban J connectivity index is 1.83. The Kier molecular flexibility index (Phi) is 5.12. The van der Waals surface area contributed by atoms with Crippen molar-refractivity contribution in [3.63, 3.8) is 0 Å². The molecule has 1 aliphatic carbocycles. The highest BCUT2D eigenvalue weighted by Crippen LogP contribution is 2.30. The van der Waals surface area contributed by atoms with Crippen molar-refractivity contribution in [1.29, 1.82) is 0 Å². The van der Waals surface area contributed by atoms with Crippen molar-refractivity contribution in [2.45, 2.75) is 25.2 Å². The number of benzene rings is 1. The van der Waals surface area contributed by atoms with Crippen molar-refractivity contribution in [3.05, 3.63) is 35.4 Å². The molecule has 0 saturated carbocycles. The summed E-state index contributed by atoms with van der Waals surface area (Å²) in [6, 6.07) is 8.40. The molecule has 0 fully saturated rings. The van der Waals surface area contributed by atoms with E-state index < -0.39 is 0 Å². The first-order valence-electron chi connectivity index (χ1n) is 7.02. The predicted molar refractivity (Wildman–Crippen MR) is 77.2 cm³/mol. The maximum atomic E-state index is 11.7. The third-order valence-corrected chi connectivity index (χ3v) is 3.67. The number of hydrogen-bond donors (Lipinski definition) is 3. The van der Waals surface area contributed by atoms with Gasteiger partial charge in [0.05, 0.1) is 13.1 Å². The number of amides is 2. The lowest BCUT2D eigenvalue weighted by molar-refractivity contribution is -0.125. The van der Waals surface area contributed by atoms with Crippen LogP contribution < -0.4 is 16.4 Å². The molecule has 0 aliphatic heterocycles. The quantitative estimate of drug-likeness (QED) is 0.722. The van der Waals surface area contributed by atoms with E-state index in [1.807, 2.05) is 6.07 Å². The van der Waals surface area contributed by atoms with Gasteiger partial charge in [-0.25, -0.2) is 0 Å². The van der Waals surface area contributed by atoms with Gasteiger partial charge in [-0.05, 0) is 30.4 Å². The molecule has 2 amide bonds. The van der Waals surface area contributed by atoms with Crippen molar-refractivity contribution in [1.82, 2.24) is 10.6 Å². The summed E-state index contributed by atoms with van der Waals surface area (Å²) in [4.78, 5) is 22.6. The lowest BCUT2D eigenvalue weighted by atomic mass is 9.83. The van der Waals surface area contributed by atoms with Crippen LogP contribution in [0, 0.1) is 0 Å². The maximum absolute atomic E-state index is 11.7. The van der Waals surface area contributed by atoms with Crippen molar-refractivity contribution in [2.75, 3.05) is 19.6 Å². The Labute approximate surface area is 118 Å². The van der Waals surface area contributed by atoms with Crippen LogP contribution in [0.3, 0.4) is 0 Å². The summed E-state index contributed by atoms with van der Waals surface area (Å²) in [5.41, 5.74) is 7.88. The number of aryl methyl sites for hydroxylation is 1. The van der Waals surface area contributed by atoms with E-state index in [-0.39, 0.29) is 24.9 Å². The van der Waals surface area contributed by atoms with Crippen LogP contribution in [-0.2, 0) is 16.0 Å². The summed E-state index contributed by atoms with van der Waals surface area (Å²) in [5, 5.41) is 5.34. The van der Waals surface area contributed by atoms with Crippen LogP contribution >= 0.6 is 0 Å². The van der Waals surface area contributed by atoms with E-state index in [4.69, 9.17) is 5.73 Å². The van der Waals surface area contributed by atoms with Crippen LogP contribution in [0.4, 0.5) is 0 Å². The van der Waals surface area contributed by atoms with E-state index in [0.717, 1.165) is 19.3 Å². The summed E-state index contributed by atoms with van der Waals surface area (Å²) in [7, 11) is 0. The van der Waals surface area contributed by atoms with Crippen molar-refractivity contribution in [2.24, 2.45) is 5.73 Å². The zero-order valence-corrected chi connectivity index (χ0v) is 11.5. The van der Waals surface area contributed by atoms with E-state index in [0.29, 0.717) is 12.5 Å². The molecule has 0 bridgehead atoms. The minimum atomic E-state index is -0.317. The van der Waals surface area contributed by atoms with Gasteiger partial charge < -0.3 is 16.4 Å². The lowest BCUT2D eigenvalue weighted by Crippen LogP contribution is -2.40. The summed E-state index contributed by atoms with van der Waals surface area (Å²) in [6.07, 6.45) is 3.36. The molecule has 20 heavy (non-hydrogen) atoms. The van der Waals surface area contributed by atoms with Crippen molar-refractivity contribution >= 4 is 11.8 Å². The summed E-state index contributed by atoms with van der Waals surface area (Å²) < 4.78 is 0. The third-order valence-electron chi connectivity index (χ3n) is 3.67. The molecule has 1 unspecified atom stereocenters. The van der Waals surface area contributed by atoms with Gasteiger partial charge >= 0.3 is 0 Å². The number of fused-ring (bicyclic) bond motifs is 1. The van der Waals surface area contributed by atoms with E-state index in [1.165, 1.54) is 11.1 Å². The highest BCUT2D eigenvalue weighted by Gasteiger charge is 2.20. The van der Waals surface area contributed by atoms with Crippen LogP contribution in [0.1, 0.15) is 29.9 Å². The van der Waals surface area contributed by atoms with Gasteiger partial charge in [-0.15, -0.1) is 0 Å². The van der Waals surface area contributed by atoms with Crippen LogP contribution in [0.2, 0.25) is 0 Å². The molecular weight excluding hydrogens is 254 g/mol. The molecule has 0 aromatic heterocycles. The second-order valence-corrected chi connectivity index (χ2v) is 5.07. The molecule has 1 atom stereocenters. The molecule has 5 heteroatoms. The number of carbonyl (C=O) groups excluding carboxylic acids is 2. The Hall–Kier alpha value is -1.88. The second kappa shape index (κ2) is 7.05.